The van der Waals surface area contributed by atoms with E-state index >= 15 is 0 Å². The zero-order valence-electron chi connectivity index (χ0n) is 17.3. The van der Waals surface area contributed by atoms with Gasteiger partial charge in [0.25, 0.3) is 0 Å². The third kappa shape index (κ3) is 2.86. The number of anilines is 1. The number of nitrogens with two attached hydrogens (primary N) is 1. The maximum absolute atomic E-state index is 6.30. The highest BCUT2D eigenvalue weighted by Crippen LogP contribution is 2.36. The second kappa shape index (κ2) is 6.59. The Morgan fingerprint density at radius 2 is 2.00 bits per heavy atom. The van der Waals surface area contributed by atoms with Crippen molar-refractivity contribution in [3.05, 3.63) is 42.9 Å². The molecule has 10 heteroatoms. The van der Waals surface area contributed by atoms with E-state index in [0.717, 1.165) is 39.9 Å². The van der Waals surface area contributed by atoms with Gasteiger partial charge in [-0.1, -0.05) is 0 Å². The number of aryl methyl sites for hydroxylation is 1. The number of aromatic nitrogens is 9. The molecule has 0 radical (unpaired) electrons. The van der Waals surface area contributed by atoms with Crippen molar-refractivity contribution in [2.45, 2.75) is 32.4 Å². The van der Waals surface area contributed by atoms with Crippen molar-refractivity contribution >= 4 is 27.8 Å². The Bertz CT molecular complexity index is 1420. The molecule has 0 amide bonds. The predicted octanol–water partition coefficient (Wildman–Crippen LogP) is 2.57. The standard InChI is InChI=1S/C21H22N10/c1-12(14-5-27-30(10-14)9-13-3-4-13)31-21-18(20(22)24-11-25-21)19(28-31)16-6-23-8-17-15(16)7-26-29(17)2/h5-8,10-13H,3-4,9H2,1-2H3,(H2,22,24,25). The van der Waals surface area contributed by atoms with Crippen LogP contribution in [0.2, 0.25) is 0 Å². The molecule has 1 atom stereocenters. The molecule has 1 saturated carbocycles. The molecule has 10 nitrogen and oxygen atoms in total. The van der Waals surface area contributed by atoms with E-state index in [1.807, 2.05) is 28.8 Å². The lowest BCUT2D eigenvalue weighted by Crippen LogP contribution is -2.09. The fraction of sp³-hybridized carbons (Fsp3) is 0.333. The highest BCUT2D eigenvalue weighted by atomic mass is 15.3. The van der Waals surface area contributed by atoms with Crippen molar-refractivity contribution in [1.29, 1.82) is 0 Å². The fourth-order valence-electron chi connectivity index (χ4n) is 4.10. The summed E-state index contributed by atoms with van der Waals surface area (Å²) in [4.78, 5) is 13.2. The first-order chi connectivity index (χ1) is 15.1. The molecule has 1 unspecified atom stereocenters. The zero-order valence-corrected chi connectivity index (χ0v) is 17.3. The van der Waals surface area contributed by atoms with E-state index in [1.54, 1.807) is 17.1 Å². The maximum atomic E-state index is 6.30. The van der Waals surface area contributed by atoms with Crippen LogP contribution in [0.25, 0.3) is 33.2 Å². The second-order valence-electron chi connectivity index (χ2n) is 8.25. The number of nitrogen functional groups attached to an aromatic ring is 1. The lowest BCUT2D eigenvalue weighted by Gasteiger charge is -2.11. The zero-order chi connectivity index (χ0) is 21.1. The van der Waals surface area contributed by atoms with E-state index < -0.39 is 0 Å². The van der Waals surface area contributed by atoms with E-state index in [-0.39, 0.29) is 6.04 Å². The number of hydrogen-bond acceptors (Lipinski definition) is 7. The molecule has 1 fully saturated rings. The smallest absolute Gasteiger partial charge is 0.164 e. The van der Waals surface area contributed by atoms with Crippen molar-refractivity contribution in [2.75, 3.05) is 5.73 Å². The molecule has 0 aromatic carbocycles. The minimum atomic E-state index is -0.0698. The Labute approximate surface area is 177 Å². The second-order valence-corrected chi connectivity index (χ2v) is 8.25. The van der Waals surface area contributed by atoms with Gasteiger partial charge in [0.1, 0.15) is 17.8 Å². The van der Waals surface area contributed by atoms with Crippen LogP contribution in [0.15, 0.2) is 37.3 Å². The van der Waals surface area contributed by atoms with Crippen molar-refractivity contribution in [3.63, 3.8) is 0 Å². The summed E-state index contributed by atoms with van der Waals surface area (Å²) in [6, 6.07) is -0.0698. The SMILES string of the molecule is CC(c1cnn(CC2CC2)c1)n1nc(-c2cncc3c2cnn3C)c2c(N)ncnc21. The van der Waals surface area contributed by atoms with Crippen LogP contribution in [0, 0.1) is 5.92 Å². The van der Waals surface area contributed by atoms with Crippen molar-refractivity contribution < 1.29 is 0 Å². The lowest BCUT2D eigenvalue weighted by molar-refractivity contribution is 0.556. The van der Waals surface area contributed by atoms with Gasteiger partial charge in [-0.05, 0) is 25.7 Å². The Kier molecular flexibility index (Phi) is 3.83. The molecule has 6 rings (SSSR count). The molecule has 0 aliphatic heterocycles. The van der Waals surface area contributed by atoms with Gasteiger partial charge in [-0.3, -0.25) is 14.3 Å². The maximum Gasteiger partial charge on any atom is 0.164 e. The minimum absolute atomic E-state index is 0.0698. The average molecular weight is 414 g/mol. The Balaban J connectivity index is 1.51. The van der Waals surface area contributed by atoms with E-state index in [0.29, 0.717) is 17.2 Å². The summed E-state index contributed by atoms with van der Waals surface area (Å²) in [5.41, 5.74) is 10.5. The van der Waals surface area contributed by atoms with Gasteiger partial charge >= 0.3 is 0 Å². The molecule has 0 spiro atoms. The topological polar surface area (TPSA) is 118 Å². The first kappa shape index (κ1) is 18.0. The third-order valence-corrected chi connectivity index (χ3v) is 6.09. The van der Waals surface area contributed by atoms with Crippen LogP contribution in [0.4, 0.5) is 5.82 Å². The molecule has 31 heavy (non-hydrogen) atoms. The van der Waals surface area contributed by atoms with E-state index in [1.165, 1.54) is 19.2 Å². The molecule has 2 N–H and O–H groups in total. The molecular weight excluding hydrogens is 392 g/mol. The van der Waals surface area contributed by atoms with Crippen LogP contribution in [-0.2, 0) is 13.6 Å². The van der Waals surface area contributed by atoms with Crippen LogP contribution >= 0.6 is 0 Å². The minimum Gasteiger partial charge on any atom is -0.383 e. The van der Waals surface area contributed by atoms with Crippen LogP contribution in [0.1, 0.15) is 31.4 Å². The molecule has 5 aromatic heterocycles. The normalized spacial score (nSPS) is 15.2. The fourth-order valence-corrected chi connectivity index (χ4v) is 4.10. The summed E-state index contributed by atoms with van der Waals surface area (Å²) in [5, 5.41) is 15.6. The number of nitrogens with zero attached hydrogens (tertiary/aromatic N) is 9. The first-order valence-corrected chi connectivity index (χ1v) is 10.4. The van der Waals surface area contributed by atoms with Crippen LogP contribution < -0.4 is 5.73 Å². The van der Waals surface area contributed by atoms with Gasteiger partial charge in [0, 0.05) is 42.5 Å². The van der Waals surface area contributed by atoms with Crippen LogP contribution in [0.3, 0.4) is 0 Å². The summed E-state index contributed by atoms with van der Waals surface area (Å²) in [7, 11) is 1.89. The molecular formula is C21H22N10. The molecule has 1 aliphatic rings. The molecule has 156 valence electrons. The summed E-state index contributed by atoms with van der Waals surface area (Å²) in [6.07, 6.45) is 13.5. The summed E-state index contributed by atoms with van der Waals surface area (Å²) < 4.78 is 5.72. The molecule has 0 saturated heterocycles. The number of pyridine rings is 1. The molecule has 5 aromatic rings. The van der Waals surface area contributed by atoms with Gasteiger partial charge in [-0.25, -0.2) is 14.6 Å². The highest BCUT2D eigenvalue weighted by Gasteiger charge is 2.25. The summed E-state index contributed by atoms with van der Waals surface area (Å²) in [6.45, 7) is 3.07. The largest absolute Gasteiger partial charge is 0.383 e. The van der Waals surface area contributed by atoms with Crippen molar-refractivity contribution in [2.24, 2.45) is 13.0 Å². The number of rotatable bonds is 5. The Morgan fingerprint density at radius 1 is 1.13 bits per heavy atom. The Morgan fingerprint density at radius 3 is 2.84 bits per heavy atom. The van der Waals surface area contributed by atoms with Gasteiger partial charge in [-0.2, -0.15) is 15.3 Å². The monoisotopic (exact) mass is 414 g/mol. The average Bonchev–Trinajstić information content (AvgIpc) is 3.16. The predicted molar refractivity (Wildman–Crippen MR) is 116 cm³/mol. The Hall–Kier alpha value is -3.82. The van der Waals surface area contributed by atoms with E-state index in [4.69, 9.17) is 10.8 Å². The van der Waals surface area contributed by atoms with Crippen molar-refractivity contribution in [3.8, 4) is 11.3 Å². The van der Waals surface area contributed by atoms with Gasteiger partial charge in [0.2, 0.25) is 0 Å². The van der Waals surface area contributed by atoms with Crippen LogP contribution in [0.5, 0.6) is 0 Å². The first-order valence-electron chi connectivity index (χ1n) is 10.4. The van der Waals surface area contributed by atoms with Gasteiger partial charge in [-0.15, -0.1) is 0 Å². The van der Waals surface area contributed by atoms with Gasteiger partial charge < -0.3 is 5.73 Å². The third-order valence-electron chi connectivity index (χ3n) is 6.09. The summed E-state index contributed by atoms with van der Waals surface area (Å²) >= 11 is 0. The lowest BCUT2D eigenvalue weighted by atomic mass is 10.1. The van der Waals surface area contributed by atoms with Crippen molar-refractivity contribution in [1.82, 2.24) is 44.3 Å². The quantitative estimate of drug-likeness (QED) is 0.469. The van der Waals surface area contributed by atoms with E-state index in [9.17, 15) is 0 Å². The van der Waals surface area contributed by atoms with E-state index in [2.05, 4.69) is 38.3 Å². The number of fused-ring (bicyclic) bond motifs is 2. The highest BCUT2D eigenvalue weighted by molar-refractivity contribution is 6.04. The van der Waals surface area contributed by atoms with Crippen LogP contribution in [-0.4, -0.2) is 44.3 Å². The molecule has 5 heterocycles. The van der Waals surface area contributed by atoms with Gasteiger partial charge in [0.05, 0.1) is 35.5 Å². The summed E-state index contributed by atoms with van der Waals surface area (Å²) in [5.74, 6) is 1.16. The van der Waals surface area contributed by atoms with Gasteiger partial charge in [0.15, 0.2) is 5.65 Å². The molecule has 1 aliphatic carbocycles. The number of hydrogen-bond donors (Lipinski definition) is 1. The molecule has 0 bridgehead atoms.